The van der Waals surface area contributed by atoms with Gasteiger partial charge in [-0.25, -0.2) is 8.42 Å². The molecule has 3 aromatic carbocycles. The van der Waals surface area contributed by atoms with Crippen LogP contribution in [0.4, 0.5) is 5.69 Å². The number of hydrogen-bond acceptors (Lipinski definition) is 4. The number of carbonyl (C=O) groups is 1. The van der Waals surface area contributed by atoms with Crippen LogP contribution in [-0.2, 0) is 10.0 Å². The first-order valence-electron chi connectivity index (χ1n) is 8.68. The second-order valence-corrected chi connectivity index (χ2v) is 8.34. The summed E-state index contributed by atoms with van der Waals surface area (Å²) in [7, 11) is -2.51. The zero-order valence-electron chi connectivity index (χ0n) is 15.8. The van der Waals surface area contributed by atoms with E-state index in [1.807, 2.05) is 18.2 Å². The Labute approximate surface area is 174 Å². The van der Waals surface area contributed by atoms with Gasteiger partial charge in [-0.05, 0) is 55.0 Å². The second-order valence-electron chi connectivity index (χ2n) is 6.22. The van der Waals surface area contributed by atoms with Gasteiger partial charge >= 0.3 is 0 Å². The van der Waals surface area contributed by atoms with Crippen molar-refractivity contribution in [1.29, 1.82) is 0 Å². The number of carbonyl (C=O) groups excluding carboxylic acids is 1. The summed E-state index contributed by atoms with van der Waals surface area (Å²) in [6.07, 6.45) is 0. The van der Waals surface area contributed by atoms with Crippen LogP contribution in [-0.4, -0.2) is 21.4 Å². The predicted molar refractivity (Wildman–Crippen MR) is 113 cm³/mol. The molecule has 29 heavy (non-hydrogen) atoms. The van der Waals surface area contributed by atoms with Crippen molar-refractivity contribution < 1.29 is 17.9 Å². The van der Waals surface area contributed by atoms with Crippen LogP contribution in [0.5, 0.6) is 11.5 Å². The molecule has 8 heteroatoms. The van der Waals surface area contributed by atoms with E-state index in [0.29, 0.717) is 22.1 Å². The molecule has 0 spiro atoms. The number of para-hydroxylation sites is 1. The third kappa shape index (κ3) is 4.88. The highest BCUT2D eigenvalue weighted by molar-refractivity contribution is 7.92. The Morgan fingerprint density at radius 3 is 2.41 bits per heavy atom. The molecule has 0 saturated heterocycles. The predicted octanol–water partition coefficient (Wildman–Crippen LogP) is 4.60. The summed E-state index contributed by atoms with van der Waals surface area (Å²) in [5.41, 5.74) is 1.13. The van der Waals surface area contributed by atoms with E-state index in [4.69, 9.17) is 16.3 Å². The second kappa shape index (κ2) is 8.55. The molecule has 0 bridgehead atoms. The SMILES string of the molecule is CNC(=O)c1cc(S(=O)(=O)Nc2cc(Cl)ccc2Oc2ccccc2)ccc1C. The number of nitrogens with one attached hydrogen (secondary N) is 2. The smallest absolute Gasteiger partial charge is 0.262 e. The number of benzene rings is 3. The van der Waals surface area contributed by atoms with Gasteiger partial charge in [-0.1, -0.05) is 35.9 Å². The van der Waals surface area contributed by atoms with Crippen molar-refractivity contribution in [3.05, 3.63) is 82.9 Å². The molecule has 150 valence electrons. The fourth-order valence-electron chi connectivity index (χ4n) is 2.64. The molecule has 3 rings (SSSR count). The molecule has 0 aliphatic carbocycles. The van der Waals surface area contributed by atoms with Crippen LogP contribution in [0.1, 0.15) is 15.9 Å². The Hall–Kier alpha value is -3.03. The number of aryl methyl sites for hydroxylation is 1. The number of rotatable bonds is 6. The van der Waals surface area contributed by atoms with Gasteiger partial charge in [0.15, 0.2) is 5.75 Å². The standard InChI is InChI=1S/C21H19ClN2O4S/c1-14-8-10-17(13-18(14)21(25)23-2)29(26,27)24-19-12-15(22)9-11-20(19)28-16-6-4-3-5-7-16/h3-13,24H,1-2H3,(H,23,25). The maximum atomic E-state index is 13.0. The van der Waals surface area contributed by atoms with Gasteiger partial charge in [0.1, 0.15) is 5.75 Å². The minimum Gasteiger partial charge on any atom is -0.455 e. The first-order valence-corrected chi connectivity index (χ1v) is 10.5. The van der Waals surface area contributed by atoms with Crippen molar-refractivity contribution in [2.24, 2.45) is 0 Å². The minimum absolute atomic E-state index is 0.0488. The zero-order valence-corrected chi connectivity index (χ0v) is 17.3. The lowest BCUT2D eigenvalue weighted by molar-refractivity contribution is 0.0962. The summed E-state index contributed by atoms with van der Waals surface area (Å²) >= 11 is 6.06. The van der Waals surface area contributed by atoms with Crippen LogP contribution < -0.4 is 14.8 Å². The molecule has 0 saturated carbocycles. The topological polar surface area (TPSA) is 84.5 Å². The number of amides is 1. The first-order chi connectivity index (χ1) is 13.8. The first kappa shape index (κ1) is 20.7. The Morgan fingerprint density at radius 2 is 1.72 bits per heavy atom. The van der Waals surface area contributed by atoms with Crippen molar-refractivity contribution in [2.45, 2.75) is 11.8 Å². The van der Waals surface area contributed by atoms with Crippen LogP contribution in [0, 0.1) is 6.92 Å². The summed E-state index contributed by atoms with van der Waals surface area (Å²) in [6.45, 7) is 1.73. The molecule has 1 amide bonds. The molecule has 0 aliphatic heterocycles. The lowest BCUT2D eigenvalue weighted by Crippen LogP contribution is -2.20. The van der Waals surface area contributed by atoms with Crippen LogP contribution in [0.3, 0.4) is 0 Å². The van der Waals surface area contributed by atoms with E-state index < -0.39 is 10.0 Å². The molecule has 6 nitrogen and oxygen atoms in total. The fraction of sp³-hybridized carbons (Fsp3) is 0.0952. The normalized spacial score (nSPS) is 11.0. The Kier molecular flexibility index (Phi) is 6.10. The van der Waals surface area contributed by atoms with Crippen molar-refractivity contribution >= 4 is 33.2 Å². The van der Waals surface area contributed by atoms with Gasteiger partial charge in [0.05, 0.1) is 10.6 Å². The van der Waals surface area contributed by atoms with Gasteiger partial charge in [0, 0.05) is 17.6 Å². The monoisotopic (exact) mass is 430 g/mol. The molecule has 2 N–H and O–H groups in total. The van der Waals surface area contributed by atoms with E-state index in [-0.39, 0.29) is 22.1 Å². The average molecular weight is 431 g/mol. The van der Waals surface area contributed by atoms with Gasteiger partial charge in [-0.15, -0.1) is 0 Å². The number of anilines is 1. The Bertz CT molecular complexity index is 1150. The van der Waals surface area contributed by atoms with Crippen LogP contribution in [0.15, 0.2) is 71.6 Å². The molecule has 0 atom stereocenters. The summed E-state index contributed by atoms with van der Waals surface area (Å²) in [6, 6.07) is 18.0. The average Bonchev–Trinajstić information content (AvgIpc) is 2.70. The van der Waals surface area contributed by atoms with Crippen molar-refractivity contribution in [2.75, 3.05) is 11.8 Å². The van der Waals surface area contributed by atoms with E-state index in [0.717, 1.165) is 0 Å². The summed E-state index contributed by atoms with van der Waals surface area (Å²) < 4.78 is 34.2. The molecule has 0 heterocycles. The molecule has 0 radical (unpaired) electrons. The largest absolute Gasteiger partial charge is 0.455 e. The van der Waals surface area contributed by atoms with E-state index in [2.05, 4.69) is 10.0 Å². The Balaban J connectivity index is 1.97. The minimum atomic E-state index is -3.99. The molecule has 0 unspecified atom stereocenters. The van der Waals surface area contributed by atoms with E-state index in [1.54, 1.807) is 37.3 Å². The summed E-state index contributed by atoms with van der Waals surface area (Å²) in [5.74, 6) is 0.478. The van der Waals surface area contributed by atoms with Gasteiger partial charge in [0.25, 0.3) is 15.9 Å². The van der Waals surface area contributed by atoms with Crippen LogP contribution in [0.2, 0.25) is 5.02 Å². The molecular weight excluding hydrogens is 412 g/mol. The third-order valence-electron chi connectivity index (χ3n) is 4.15. The fourth-order valence-corrected chi connectivity index (χ4v) is 3.90. The quantitative estimate of drug-likeness (QED) is 0.598. The lowest BCUT2D eigenvalue weighted by atomic mass is 10.1. The van der Waals surface area contributed by atoms with E-state index in [9.17, 15) is 13.2 Å². The molecule has 0 aliphatic rings. The maximum absolute atomic E-state index is 13.0. The van der Waals surface area contributed by atoms with Crippen molar-refractivity contribution in [1.82, 2.24) is 5.32 Å². The maximum Gasteiger partial charge on any atom is 0.262 e. The van der Waals surface area contributed by atoms with Gasteiger partial charge in [0.2, 0.25) is 0 Å². The number of hydrogen-bond donors (Lipinski definition) is 2. The van der Waals surface area contributed by atoms with Crippen LogP contribution in [0.25, 0.3) is 0 Å². The highest BCUT2D eigenvalue weighted by Gasteiger charge is 2.20. The molecular formula is C21H19ClN2O4S. The third-order valence-corrected chi connectivity index (χ3v) is 5.75. The zero-order chi connectivity index (χ0) is 21.0. The Morgan fingerprint density at radius 1 is 1.00 bits per heavy atom. The number of ether oxygens (including phenoxy) is 1. The van der Waals surface area contributed by atoms with Crippen molar-refractivity contribution in [3.63, 3.8) is 0 Å². The highest BCUT2D eigenvalue weighted by atomic mass is 35.5. The van der Waals surface area contributed by atoms with Gasteiger partial charge in [-0.3, -0.25) is 9.52 Å². The van der Waals surface area contributed by atoms with Crippen LogP contribution >= 0.6 is 11.6 Å². The molecule has 3 aromatic rings. The summed E-state index contributed by atoms with van der Waals surface area (Å²) in [4.78, 5) is 12.0. The number of halogens is 1. The van der Waals surface area contributed by atoms with E-state index in [1.165, 1.54) is 25.2 Å². The number of sulfonamides is 1. The van der Waals surface area contributed by atoms with E-state index >= 15 is 0 Å². The van der Waals surface area contributed by atoms with Gasteiger partial charge in [-0.2, -0.15) is 0 Å². The van der Waals surface area contributed by atoms with Gasteiger partial charge < -0.3 is 10.1 Å². The summed E-state index contributed by atoms with van der Waals surface area (Å²) in [5, 5.41) is 2.85. The molecule has 0 aromatic heterocycles. The van der Waals surface area contributed by atoms with Crippen molar-refractivity contribution in [3.8, 4) is 11.5 Å². The highest BCUT2D eigenvalue weighted by Crippen LogP contribution is 2.33. The lowest BCUT2D eigenvalue weighted by Gasteiger charge is -2.15. The molecule has 0 fully saturated rings.